The lowest BCUT2D eigenvalue weighted by Gasteiger charge is -2.27. The van der Waals surface area contributed by atoms with Crippen LogP contribution in [-0.4, -0.2) is 20.6 Å². The maximum absolute atomic E-state index is 6.02. The van der Waals surface area contributed by atoms with E-state index < -0.39 is 0 Å². The minimum absolute atomic E-state index is 0.263. The van der Waals surface area contributed by atoms with E-state index in [0.717, 1.165) is 28.0 Å². The van der Waals surface area contributed by atoms with Crippen LogP contribution >= 0.6 is 11.6 Å². The van der Waals surface area contributed by atoms with Gasteiger partial charge in [0.25, 0.3) is 0 Å². The van der Waals surface area contributed by atoms with Crippen LogP contribution in [0.5, 0.6) is 0 Å². The largest absolute Gasteiger partial charge is 0.382 e. The molecule has 1 aliphatic carbocycles. The molecule has 2 heterocycles. The number of nitrogens with zero attached hydrogens (tertiary/aromatic N) is 3. The minimum atomic E-state index is 0.263. The van der Waals surface area contributed by atoms with Crippen molar-refractivity contribution in [1.82, 2.24) is 14.5 Å². The van der Waals surface area contributed by atoms with Crippen molar-refractivity contribution < 1.29 is 0 Å². The molecule has 2 aromatic carbocycles. The first-order valence-electron chi connectivity index (χ1n) is 9.24. The third kappa shape index (κ3) is 3.06. The van der Waals surface area contributed by atoms with Crippen LogP contribution in [-0.2, 0) is 0 Å². The van der Waals surface area contributed by atoms with Crippen molar-refractivity contribution in [2.75, 3.05) is 5.32 Å². The molecule has 1 fully saturated rings. The van der Waals surface area contributed by atoms with Crippen molar-refractivity contribution >= 4 is 28.3 Å². The molecule has 0 atom stereocenters. The molecule has 4 nitrogen and oxygen atoms in total. The summed E-state index contributed by atoms with van der Waals surface area (Å²) in [5.74, 6) is 0. The molecule has 4 aromatic rings. The molecular weight excluding hydrogens is 356 g/mol. The van der Waals surface area contributed by atoms with Crippen LogP contribution < -0.4 is 5.32 Å². The Labute approximate surface area is 162 Å². The predicted molar refractivity (Wildman–Crippen MR) is 111 cm³/mol. The maximum Gasteiger partial charge on any atom is 0.223 e. The van der Waals surface area contributed by atoms with Gasteiger partial charge in [-0.05, 0) is 66.8 Å². The van der Waals surface area contributed by atoms with E-state index in [9.17, 15) is 0 Å². The Bertz CT molecular complexity index is 1080. The Morgan fingerprint density at radius 1 is 1.00 bits per heavy atom. The smallest absolute Gasteiger partial charge is 0.223 e. The number of benzene rings is 2. The highest BCUT2D eigenvalue weighted by Gasteiger charge is 2.17. The fraction of sp³-hybridized carbons (Fsp3) is 0.182. The van der Waals surface area contributed by atoms with Gasteiger partial charge in [0.1, 0.15) is 0 Å². The van der Waals surface area contributed by atoms with E-state index in [1.165, 1.54) is 24.9 Å². The number of halogens is 1. The first kappa shape index (κ1) is 16.3. The van der Waals surface area contributed by atoms with E-state index in [0.29, 0.717) is 6.04 Å². The fourth-order valence-electron chi connectivity index (χ4n) is 3.56. The Morgan fingerprint density at radius 2 is 1.78 bits per heavy atom. The lowest BCUT2D eigenvalue weighted by atomic mass is 9.93. The van der Waals surface area contributed by atoms with E-state index in [-0.39, 0.29) is 5.28 Å². The van der Waals surface area contributed by atoms with E-state index in [1.807, 2.05) is 18.2 Å². The molecule has 0 aliphatic heterocycles. The van der Waals surface area contributed by atoms with Crippen LogP contribution in [0, 0.1) is 0 Å². The number of anilines is 1. The first-order chi connectivity index (χ1) is 13.3. The average Bonchev–Trinajstić information content (AvgIpc) is 3.04. The second kappa shape index (κ2) is 6.71. The molecule has 0 unspecified atom stereocenters. The Morgan fingerprint density at radius 3 is 2.48 bits per heavy atom. The molecule has 0 saturated heterocycles. The van der Waals surface area contributed by atoms with Gasteiger partial charge in [0, 0.05) is 17.4 Å². The van der Waals surface area contributed by atoms with Crippen molar-refractivity contribution in [1.29, 1.82) is 0 Å². The zero-order valence-corrected chi connectivity index (χ0v) is 15.5. The van der Waals surface area contributed by atoms with Crippen LogP contribution in [0.25, 0.3) is 28.0 Å². The molecule has 2 aromatic heterocycles. The number of fused-ring (bicyclic) bond motifs is 1. The summed E-state index contributed by atoms with van der Waals surface area (Å²) < 4.78 is 2.19. The van der Waals surface area contributed by atoms with Gasteiger partial charge < -0.3 is 9.88 Å². The van der Waals surface area contributed by atoms with Crippen LogP contribution in [0.3, 0.4) is 0 Å². The van der Waals surface area contributed by atoms with E-state index in [4.69, 9.17) is 11.6 Å². The number of nitrogens with one attached hydrogen (secondary N) is 1. The van der Waals surface area contributed by atoms with E-state index in [2.05, 4.69) is 62.3 Å². The molecule has 0 amide bonds. The molecule has 27 heavy (non-hydrogen) atoms. The van der Waals surface area contributed by atoms with Crippen LogP contribution in [0.2, 0.25) is 5.28 Å². The van der Waals surface area contributed by atoms with Crippen LogP contribution in [0.4, 0.5) is 5.69 Å². The Kier molecular flexibility index (Phi) is 4.06. The summed E-state index contributed by atoms with van der Waals surface area (Å²) in [5, 5.41) is 3.85. The summed E-state index contributed by atoms with van der Waals surface area (Å²) in [6, 6.07) is 21.6. The van der Waals surface area contributed by atoms with E-state index in [1.54, 1.807) is 6.20 Å². The standard InChI is InChI=1S/C22H19ClN4/c23-22-24-14-21-19(26-22)13-20(15-5-2-1-3-6-15)27(21)18-11-9-17(10-12-18)25-16-7-4-8-16/h1-3,5-6,9-14,16,25H,4,7-8H2. The number of hydrogen-bond acceptors (Lipinski definition) is 3. The van der Waals surface area contributed by atoms with Gasteiger partial charge in [-0.1, -0.05) is 30.3 Å². The van der Waals surface area contributed by atoms with Gasteiger partial charge in [-0.25, -0.2) is 9.97 Å². The van der Waals surface area contributed by atoms with Crippen LogP contribution in [0.15, 0.2) is 66.9 Å². The molecule has 1 N–H and O–H groups in total. The first-order valence-corrected chi connectivity index (χ1v) is 9.62. The summed E-state index contributed by atoms with van der Waals surface area (Å²) >= 11 is 6.02. The van der Waals surface area contributed by atoms with Crippen molar-refractivity contribution in [3.8, 4) is 16.9 Å². The van der Waals surface area contributed by atoms with Gasteiger partial charge in [-0.15, -0.1) is 0 Å². The van der Waals surface area contributed by atoms with E-state index >= 15 is 0 Å². The summed E-state index contributed by atoms with van der Waals surface area (Å²) in [4.78, 5) is 8.60. The zero-order valence-electron chi connectivity index (χ0n) is 14.8. The van der Waals surface area contributed by atoms with Crippen molar-refractivity contribution in [3.05, 3.63) is 72.1 Å². The second-order valence-electron chi connectivity index (χ2n) is 6.96. The quantitative estimate of drug-likeness (QED) is 0.465. The molecule has 0 radical (unpaired) electrons. The molecule has 134 valence electrons. The molecule has 5 rings (SSSR count). The topological polar surface area (TPSA) is 42.7 Å². The minimum Gasteiger partial charge on any atom is -0.382 e. The monoisotopic (exact) mass is 374 g/mol. The van der Waals surface area contributed by atoms with Crippen LogP contribution in [0.1, 0.15) is 19.3 Å². The lowest BCUT2D eigenvalue weighted by molar-refractivity contribution is 0.445. The number of hydrogen-bond donors (Lipinski definition) is 1. The van der Waals surface area contributed by atoms with Gasteiger partial charge in [-0.3, -0.25) is 0 Å². The summed E-state index contributed by atoms with van der Waals surface area (Å²) in [5.41, 5.74) is 6.23. The molecule has 0 bridgehead atoms. The second-order valence-corrected chi connectivity index (χ2v) is 7.30. The van der Waals surface area contributed by atoms with Gasteiger partial charge in [0.2, 0.25) is 5.28 Å². The maximum atomic E-state index is 6.02. The van der Waals surface area contributed by atoms with Gasteiger partial charge in [0.05, 0.1) is 22.9 Å². The SMILES string of the molecule is Clc1ncc2c(cc(-c3ccccc3)n2-c2ccc(NC3CCC3)cc2)n1. The van der Waals surface area contributed by atoms with Gasteiger partial charge in [-0.2, -0.15) is 0 Å². The normalized spacial score (nSPS) is 14.3. The molecule has 1 aliphatic rings. The highest BCUT2D eigenvalue weighted by atomic mass is 35.5. The summed E-state index contributed by atoms with van der Waals surface area (Å²) in [6.45, 7) is 0. The third-order valence-corrected chi connectivity index (χ3v) is 5.38. The highest BCUT2D eigenvalue weighted by molar-refractivity contribution is 6.28. The predicted octanol–water partition coefficient (Wildman–Crippen LogP) is 5.71. The zero-order chi connectivity index (χ0) is 18.2. The summed E-state index contributed by atoms with van der Waals surface area (Å²) in [7, 11) is 0. The fourth-order valence-corrected chi connectivity index (χ4v) is 3.70. The van der Waals surface area contributed by atoms with Gasteiger partial charge in [0.15, 0.2) is 0 Å². The van der Waals surface area contributed by atoms with Gasteiger partial charge >= 0.3 is 0 Å². The molecular formula is C22H19ClN4. The Hall–Kier alpha value is -2.85. The molecule has 1 saturated carbocycles. The summed E-state index contributed by atoms with van der Waals surface area (Å²) in [6.07, 6.45) is 5.65. The average molecular weight is 375 g/mol. The van der Waals surface area contributed by atoms with Crippen molar-refractivity contribution in [3.63, 3.8) is 0 Å². The molecule has 5 heteroatoms. The number of rotatable bonds is 4. The highest BCUT2D eigenvalue weighted by Crippen LogP contribution is 2.31. The third-order valence-electron chi connectivity index (χ3n) is 5.19. The molecule has 0 spiro atoms. The Balaban J connectivity index is 1.62. The van der Waals surface area contributed by atoms with Crippen molar-refractivity contribution in [2.24, 2.45) is 0 Å². The number of aromatic nitrogens is 3. The lowest BCUT2D eigenvalue weighted by Crippen LogP contribution is -2.26. The van der Waals surface area contributed by atoms with Crippen molar-refractivity contribution in [2.45, 2.75) is 25.3 Å².